The quantitative estimate of drug-likeness (QED) is 0.683. The predicted molar refractivity (Wildman–Crippen MR) is 79.3 cm³/mol. The highest BCUT2D eigenvalue weighted by molar-refractivity contribution is 7.92. The molecule has 1 aliphatic heterocycles. The largest absolute Gasteiger partial charge is 0.338 e. The average molecular weight is 337 g/mol. The van der Waals surface area contributed by atoms with Gasteiger partial charge < -0.3 is 9.47 Å². The van der Waals surface area contributed by atoms with Crippen molar-refractivity contribution in [1.29, 1.82) is 0 Å². The summed E-state index contributed by atoms with van der Waals surface area (Å²) in [5, 5.41) is 3.13. The molecule has 3 heterocycles. The molecule has 0 saturated carbocycles. The van der Waals surface area contributed by atoms with Crippen molar-refractivity contribution in [3.05, 3.63) is 41.1 Å². The average Bonchev–Trinajstić information content (AvgIpc) is 2.86. The molecule has 0 spiro atoms. The van der Waals surface area contributed by atoms with E-state index in [0.29, 0.717) is 0 Å². The summed E-state index contributed by atoms with van der Waals surface area (Å²) in [6, 6.07) is 2.80. The first-order chi connectivity index (χ1) is 10.9. The van der Waals surface area contributed by atoms with Crippen LogP contribution in [0.1, 0.15) is 0 Å². The van der Waals surface area contributed by atoms with Crippen LogP contribution in [-0.2, 0) is 28.2 Å². The van der Waals surface area contributed by atoms with Gasteiger partial charge in [-0.2, -0.15) is 5.10 Å². The molecular formula is C13H15N5O4S. The number of rotatable bonds is 4. The number of imidazole rings is 1. The fraction of sp³-hybridized carbons (Fsp3) is 0.385. The Morgan fingerprint density at radius 1 is 1.35 bits per heavy atom. The maximum Gasteiger partial charge on any atom is 0.267 e. The monoisotopic (exact) mass is 337 g/mol. The van der Waals surface area contributed by atoms with Crippen molar-refractivity contribution in [2.45, 2.75) is 17.0 Å². The first kappa shape index (κ1) is 15.4. The summed E-state index contributed by atoms with van der Waals surface area (Å²) in [4.78, 5) is 28.9. The molecule has 122 valence electrons. The molecule has 0 aliphatic carbocycles. The van der Waals surface area contributed by atoms with E-state index in [1.54, 1.807) is 13.2 Å². The van der Waals surface area contributed by atoms with Crippen molar-refractivity contribution in [3.63, 3.8) is 0 Å². The van der Waals surface area contributed by atoms with Gasteiger partial charge in [0.2, 0.25) is 20.9 Å². The van der Waals surface area contributed by atoms with E-state index in [1.807, 2.05) is 0 Å². The normalized spacial score (nSPS) is 15.4. The predicted octanol–water partition coefficient (Wildman–Crippen LogP) is -1.34. The number of amides is 1. The van der Waals surface area contributed by atoms with Gasteiger partial charge in [0.15, 0.2) is 0 Å². The molecule has 1 amide bonds. The number of sulfone groups is 1. The molecule has 23 heavy (non-hydrogen) atoms. The zero-order valence-corrected chi connectivity index (χ0v) is 13.2. The Balaban J connectivity index is 1.65. The van der Waals surface area contributed by atoms with Crippen LogP contribution in [0.2, 0.25) is 0 Å². The number of hydrogen-bond donors (Lipinski definition) is 0. The lowest BCUT2D eigenvalue weighted by molar-refractivity contribution is -0.135. The van der Waals surface area contributed by atoms with Crippen LogP contribution in [0.15, 0.2) is 40.7 Å². The fourth-order valence-electron chi connectivity index (χ4n) is 2.35. The minimum atomic E-state index is -3.56. The second kappa shape index (κ2) is 5.61. The fourth-order valence-corrected chi connectivity index (χ4v) is 4.07. The third-order valence-electron chi connectivity index (χ3n) is 3.74. The summed E-state index contributed by atoms with van der Waals surface area (Å²) in [5.74, 6) is -0.336. The van der Waals surface area contributed by atoms with Crippen LogP contribution in [0.3, 0.4) is 0 Å². The Bertz CT molecular complexity index is 895. The molecular weight excluding hydrogens is 322 g/mol. The molecule has 0 aromatic carbocycles. The van der Waals surface area contributed by atoms with Crippen molar-refractivity contribution in [2.75, 3.05) is 13.1 Å². The van der Waals surface area contributed by atoms with Gasteiger partial charge in [0.25, 0.3) is 5.56 Å². The first-order valence-corrected chi connectivity index (χ1v) is 8.45. The van der Waals surface area contributed by atoms with Crippen molar-refractivity contribution >= 4 is 15.7 Å². The van der Waals surface area contributed by atoms with Crippen molar-refractivity contribution < 1.29 is 13.2 Å². The SMILES string of the molecule is Cn1ccnc1S(=O)(=O)C1CN(C(=O)Cn2ncccc2=O)C1. The van der Waals surface area contributed by atoms with E-state index in [0.717, 1.165) is 4.68 Å². The summed E-state index contributed by atoms with van der Waals surface area (Å²) in [6.07, 6.45) is 4.39. The van der Waals surface area contributed by atoms with Gasteiger partial charge in [-0.1, -0.05) is 0 Å². The van der Waals surface area contributed by atoms with E-state index in [1.165, 1.54) is 34.0 Å². The van der Waals surface area contributed by atoms with E-state index in [4.69, 9.17) is 0 Å². The third kappa shape index (κ3) is 2.77. The molecule has 1 fully saturated rings. The topological polar surface area (TPSA) is 107 Å². The van der Waals surface area contributed by atoms with Gasteiger partial charge in [0.1, 0.15) is 11.8 Å². The molecule has 3 rings (SSSR count). The Labute approximate surface area is 132 Å². The van der Waals surface area contributed by atoms with Crippen LogP contribution in [-0.4, -0.2) is 56.9 Å². The molecule has 0 atom stereocenters. The summed E-state index contributed by atoms with van der Waals surface area (Å²) < 4.78 is 27.3. The van der Waals surface area contributed by atoms with E-state index in [9.17, 15) is 18.0 Å². The maximum absolute atomic E-state index is 12.4. The van der Waals surface area contributed by atoms with Crippen LogP contribution >= 0.6 is 0 Å². The highest BCUT2D eigenvalue weighted by Crippen LogP contribution is 2.22. The van der Waals surface area contributed by atoms with Gasteiger partial charge in [-0.05, 0) is 6.07 Å². The van der Waals surface area contributed by atoms with E-state index < -0.39 is 15.1 Å². The zero-order chi connectivity index (χ0) is 16.6. The molecule has 2 aromatic heterocycles. The second-order valence-corrected chi connectivity index (χ2v) is 7.43. The Morgan fingerprint density at radius 2 is 2.09 bits per heavy atom. The van der Waals surface area contributed by atoms with E-state index >= 15 is 0 Å². The van der Waals surface area contributed by atoms with Gasteiger partial charge in [-0.15, -0.1) is 0 Å². The van der Waals surface area contributed by atoms with Gasteiger partial charge >= 0.3 is 0 Å². The van der Waals surface area contributed by atoms with Crippen LogP contribution in [0.4, 0.5) is 0 Å². The second-order valence-electron chi connectivity index (χ2n) is 5.31. The molecule has 0 radical (unpaired) electrons. The number of carbonyl (C=O) groups is 1. The van der Waals surface area contributed by atoms with Gasteiger partial charge in [-0.3, -0.25) is 9.59 Å². The van der Waals surface area contributed by atoms with Crippen molar-refractivity contribution in [1.82, 2.24) is 24.2 Å². The van der Waals surface area contributed by atoms with Crippen LogP contribution in [0, 0.1) is 0 Å². The molecule has 2 aromatic rings. The summed E-state index contributed by atoms with van der Waals surface area (Å²) in [6.45, 7) is -0.0138. The summed E-state index contributed by atoms with van der Waals surface area (Å²) in [5.41, 5.74) is -0.376. The van der Waals surface area contributed by atoms with Crippen LogP contribution in [0.25, 0.3) is 0 Å². The number of carbonyl (C=O) groups excluding carboxylic acids is 1. The first-order valence-electron chi connectivity index (χ1n) is 6.91. The minimum Gasteiger partial charge on any atom is -0.338 e. The van der Waals surface area contributed by atoms with Gasteiger partial charge in [0.05, 0.1) is 0 Å². The molecule has 1 saturated heterocycles. The number of aryl methyl sites for hydroxylation is 1. The highest BCUT2D eigenvalue weighted by atomic mass is 32.2. The van der Waals surface area contributed by atoms with E-state index in [2.05, 4.69) is 10.1 Å². The van der Waals surface area contributed by atoms with Gasteiger partial charge in [-0.25, -0.2) is 18.1 Å². The smallest absolute Gasteiger partial charge is 0.267 e. The van der Waals surface area contributed by atoms with Crippen molar-refractivity contribution in [3.8, 4) is 0 Å². The zero-order valence-electron chi connectivity index (χ0n) is 12.4. The van der Waals surface area contributed by atoms with E-state index in [-0.39, 0.29) is 36.3 Å². The van der Waals surface area contributed by atoms with Crippen LogP contribution < -0.4 is 5.56 Å². The molecule has 10 heteroatoms. The molecule has 9 nitrogen and oxygen atoms in total. The summed E-state index contributed by atoms with van der Waals surface area (Å²) in [7, 11) is -1.96. The summed E-state index contributed by atoms with van der Waals surface area (Å²) >= 11 is 0. The Morgan fingerprint density at radius 3 is 2.70 bits per heavy atom. The number of aromatic nitrogens is 4. The molecule has 0 bridgehead atoms. The molecule has 0 unspecified atom stereocenters. The number of nitrogens with zero attached hydrogens (tertiary/aromatic N) is 5. The van der Waals surface area contributed by atoms with Gasteiger partial charge in [0, 0.05) is 44.8 Å². The minimum absolute atomic E-state index is 0.00413. The van der Waals surface area contributed by atoms with Crippen molar-refractivity contribution in [2.24, 2.45) is 7.05 Å². The molecule has 1 aliphatic rings. The Hall–Kier alpha value is -2.49. The lowest BCUT2D eigenvalue weighted by Gasteiger charge is -2.38. The third-order valence-corrected chi connectivity index (χ3v) is 5.82. The highest BCUT2D eigenvalue weighted by Gasteiger charge is 2.42. The number of hydrogen-bond acceptors (Lipinski definition) is 6. The lowest BCUT2D eigenvalue weighted by Crippen LogP contribution is -2.58. The van der Waals surface area contributed by atoms with Crippen LogP contribution in [0.5, 0.6) is 0 Å². The maximum atomic E-state index is 12.4. The standard InChI is InChI=1S/C13H15N5O4S/c1-16-6-5-14-13(16)23(21,22)10-7-17(8-10)12(20)9-18-11(19)3-2-4-15-18/h2-6,10H,7-9H2,1H3. The molecule has 0 N–H and O–H groups in total. The Kier molecular flexibility index (Phi) is 3.76. The lowest BCUT2D eigenvalue weighted by atomic mass is 10.2. The number of likely N-dealkylation sites (tertiary alicyclic amines) is 1.